The zero-order valence-corrected chi connectivity index (χ0v) is 10.3. The van der Waals surface area contributed by atoms with E-state index in [-0.39, 0.29) is 11.9 Å². The molecule has 4 nitrogen and oxygen atoms in total. The van der Waals surface area contributed by atoms with Gasteiger partial charge in [-0.1, -0.05) is 0 Å². The summed E-state index contributed by atoms with van der Waals surface area (Å²) in [5.74, 6) is 0.215. The van der Waals surface area contributed by atoms with Crippen LogP contribution in [0.15, 0.2) is 10.9 Å². The van der Waals surface area contributed by atoms with Gasteiger partial charge in [0.1, 0.15) is 0 Å². The van der Waals surface area contributed by atoms with Crippen molar-refractivity contribution in [2.45, 2.75) is 32.4 Å². The third-order valence-corrected chi connectivity index (χ3v) is 3.50. The second kappa shape index (κ2) is 5.41. The Hall–Kier alpha value is -0.940. The van der Waals surface area contributed by atoms with Crippen molar-refractivity contribution < 1.29 is 4.79 Å². The molecule has 1 saturated heterocycles. The monoisotopic (exact) mass is 239 g/mol. The van der Waals surface area contributed by atoms with E-state index in [0.717, 1.165) is 31.6 Å². The molecule has 88 valence electrons. The van der Waals surface area contributed by atoms with E-state index in [0.29, 0.717) is 6.54 Å². The average Bonchev–Trinajstić information content (AvgIpc) is 2.96. The number of nitrogens with one attached hydrogen (secondary N) is 1. The van der Waals surface area contributed by atoms with Gasteiger partial charge in [-0.05, 0) is 19.8 Å². The second-order valence-electron chi connectivity index (χ2n) is 4.11. The fourth-order valence-electron chi connectivity index (χ4n) is 1.88. The zero-order chi connectivity index (χ0) is 11.4. The summed E-state index contributed by atoms with van der Waals surface area (Å²) in [6, 6.07) is -0.111. The van der Waals surface area contributed by atoms with Gasteiger partial charge in [0.2, 0.25) is 5.91 Å². The van der Waals surface area contributed by atoms with Gasteiger partial charge in [-0.2, -0.15) is 0 Å². The molecule has 1 unspecified atom stereocenters. The van der Waals surface area contributed by atoms with Crippen molar-refractivity contribution in [3.8, 4) is 0 Å². The number of hydrogen-bond acceptors (Lipinski definition) is 4. The Bertz CT molecular complexity index is 333. The van der Waals surface area contributed by atoms with E-state index in [2.05, 4.69) is 10.3 Å². The smallest absolute Gasteiger partial charge is 0.239 e. The molecule has 0 saturated carbocycles. The molecule has 0 radical (unpaired) electrons. The Morgan fingerprint density at radius 2 is 2.38 bits per heavy atom. The largest absolute Gasteiger partial charge is 0.341 e. The molecule has 0 aliphatic carbocycles. The molecule has 16 heavy (non-hydrogen) atoms. The van der Waals surface area contributed by atoms with Crippen LogP contribution in [-0.4, -0.2) is 34.9 Å². The van der Waals surface area contributed by atoms with Gasteiger partial charge >= 0.3 is 0 Å². The van der Waals surface area contributed by atoms with E-state index in [1.807, 2.05) is 22.7 Å². The lowest BCUT2D eigenvalue weighted by atomic mass is 10.3. The van der Waals surface area contributed by atoms with Gasteiger partial charge in [-0.15, -0.1) is 11.3 Å². The van der Waals surface area contributed by atoms with Crippen molar-refractivity contribution in [1.29, 1.82) is 0 Å². The van der Waals surface area contributed by atoms with Gasteiger partial charge in [-0.25, -0.2) is 4.98 Å². The first-order valence-electron chi connectivity index (χ1n) is 5.66. The van der Waals surface area contributed by atoms with Crippen LogP contribution in [-0.2, 0) is 11.3 Å². The number of hydrogen-bond donors (Lipinski definition) is 1. The molecule has 1 aliphatic rings. The standard InChI is InChI=1S/C11H17N3OS/c1-9(11(15)14-4-2-3-5-14)12-6-10-7-16-8-13-10/h7-9,12H,2-6H2,1H3. The van der Waals surface area contributed by atoms with E-state index in [9.17, 15) is 4.79 Å². The summed E-state index contributed by atoms with van der Waals surface area (Å²) >= 11 is 1.58. The quantitative estimate of drug-likeness (QED) is 0.860. The molecule has 1 aliphatic heterocycles. The first kappa shape index (κ1) is 11.5. The predicted molar refractivity (Wildman–Crippen MR) is 64.2 cm³/mol. The molecule has 1 N–H and O–H groups in total. The van der Waals surface area contributed by atoms with Crippen LogP contribution in [0.4, 0.5) is 0 Å². The third-order valence-electron chi connectivity index (χ3n) is 2.86. The molecule has 1 amide bonds. The van der Waals surface area contributed by atoms with E-state index >= 15 is 0 Å². The molecular formula is C11H17N3OS. The Kier molecular flexibility index (Phi) is 3.90. The van der Waals surface area contributed by atoms with Crippen molar-refractivity contribution in [2.75, 3.05) is 13.1 Å². The van der Waals surface area contributed by atoms with E-state index in [1.54, 1.807) is 11.3 Å². The summed E-state index contributed by atoms with van der Waals surface area (Å²) in [4.78, 5) is 18.1. The van der Waals surface area contributed by atoms with Gasteiger partial charge in [-0.3, -0.25) is 4.79 Å². The van der Waals surface area contributed by atoms with Gasteiger partial charge in [0.25, 0.3) is 0 Å². The summed E-state index contributed by atoms with van der Waals surface area (Å²) in [5.41, 5.74) is 2.82. The Balaban J connectivity index is 1.78. The van der Waals surface area contributed by atoms with E-state index in [4.69, 9.17) is 0 Å². The van der Waals surface area contributed by atoms with Crippen LogP contribution in [0.3, 0.4) is 0 Å². The van der Waals surface area contributed by atoms with Crippen molar-refractivity contribution in [2.24, 2.45) is 0 Å². The first-order chi connectivity index (χ1) is 7.77. The fourth-order valence-corrected chi connectivity index (χ4v) is 2.44. The second-order valence-corrected chi connectivity index (χ2v) is 4.83. The summed E-state index contributed by atoms with van der Waals surface area (Å²) in [7, 11) is 0. The van der Waals surface area contributed by atoms with Crippen LogP contribution >= 0.6 is 11.3 Å². The highest BCUT2D eigenvalue weighted by Crippen LogP contribution is 2.09. The lowest BCUT2D eigenvalue weighted by Crippen LogP contribution is -2.43. The average molecular weight is 239 g/mol. The van der Waals surface area contributed by atoms with Gasteiger partial charge < -0.3 is 10.2 Å². The van der Waals surface area contributed by atoms with Crippen LogP contribution < -0.4 is 5.32 Å². The Labute approximate surface area is 99.7 Å². The van der Waals surface area contributed by atoms with Crippen LogP contribution in [0, 0.1) is 0 Å². The maximum Gasteiger partial charge on any atom is 0.239 e. The number of carbonyl (C=O) groups excluding carboxylic acids is 1. The Morgan fingerprint density at radius 3 is 3.00 bits per heavy atom. The van der Waals surface area contributed by atoms with Crippen LogP contribution in [0.2, 0.25) is 0 Å². The predicted octanol–water partition coefficient (Wildman–Crippen LogP) is 1.24. The lowest BCUT2D eigenvalue weighted by molar-refractivity contribution is -0.131. The topological polar surface area (TPSA) is 45.2 Å². The minimum Gasteiger partial charge on any atom is -0.341 e. The number of nitrogens with zero attached hydrogens (tertiary/aromatic N) is 2. The van der Waals surface area contributed by atoms with Gasteiger partial charge in [0.05, 0.1) is 17.2 Å². The van der Waals surface area contributed by atoms with Gasteiger partial charge in [0, 0.05) is 25.0 Å². The number of likely N-dealkylation sites (tertiary alicyclic amines) is 1. The molecule has 5 heteroatoms. The lowest BCUT2D eigenvalue weighted by Gasteiger charge is -2.20. The molecular weight excluding hydrogens is 222 g/mol. The molecule has 1 aromatic heterocycles. The fraction of sp³-hybridized carbons (Fsp3) is 0.636. The highest BCUT2D eigenvalue weighted by Gasteiger charge is 2.22. The highest BCUT2D eigenvalue weighted by atomic mass is 32.1. The summed E-state index contributed by atoms with van der Waals surface area (Å²) in [6.45, 7) is 4.43. The first-order valence-corrected chi connectivity index (χ1v) is 6.61. The normalized spacial score (nSPS) is 17.7. The Morgan fingerprint density at radius 1 is 1.62 bits per heavy atom. The highest BCUT2D eigenvalue weighted by molar-refractivity contribution is 7.07. The van der Waals surface area contributed by atoms with Crippen molar-refractivity contribution in [3.05, 3.63) is 16.6 Å². The molecule has 2 rings (SSSR count). The number of thiazole rings is 1. The molecule has 1 atom stereocenters. The summed E-state index contributed by atoms with van der Waals surface area (Å²) in [5, 5.41) is 5.21. The number of aromatic nitrogens is 1. The molecule has 0 aromatic carbocycles. The summed E-state index contributed by atoms with van der Waals surface area (Å²) in [6.07, 6.45) is 2.29. The maximum absolute atomic E-state index is 12.0. The molecule has 2 heterocycles. The van der Waals surface area contributed by atoms with Crippen LogP contribution in [0.1, 0.15) is 25.5 Å². The van der Waals surface area contributed by atoms with Crippen molar-refractivity contribution in [3.63, 3.8) is 0 Å². The number of carbonyl (C=O) groups is 1. The van der Waals surface area contributed by atoms with Gasteiger partial charge in [0.15, 0.2) is 0 Å². The SMILES string of the molecule is CC(NCc1cscn1)C(=O)N1CCCC1. The van der Waals surface area contributed by atoms with Crippen molar-refractivity contribution in [1.82, 2.24) is 15.2 Å². The minimum atomic E-state index is -0.111. The van der Waals surface area contributed by atoms with Crippen molar-refractivity contribution >= 4 is 17.2 Å². The molecule has 1 aromatic rings. The molecule has 0 spiro atoms. The minimum absolute atomic E-state index is 0.111. The van der Waals surface area contributed by atoms with Crippen LogP contribution in [0.25, 0.3) is 0 Å². The maximum atomic E-state index is 12.0. The zero-order valence-electron chi connectivity index (χ0n) is 9.48. The molecule has 0 bridgehead atoms. The van der Waals surface area contributed by atoms with E-state index in [1.165, 1.54) is 0 Å². The van der Waals surface area contributed by atoms with Crippen LogP contribution in [0.5, 0.6) is 0 Å². The summed E-state index contributed by atoms with van der Waals surface area (Å²) < 4.78 is 0. The number of rotatable bonds is 4. The third kappa shape index (κ3) is 2.80. The molecule has 1 fully saturated rings. The number of amides is 1. The van der Waals surface area contributed by atoms with E-state index < -0.39 is 0 Å².